The summed E-state index contributed by atoms with van der Waals surface area (Å²) in [4.78, 5) is 57.9. The van der Waals surface area contributed by atoms with Crippen molar-refractivity contribution in [1.82, 2.24) is 15.3 Å². The van der Waals surface area contributed by atoms with E-state index in [2.05, 4.69) is 42.3 Å². The predicted molar refractivity (Wildman–Crippen MR) is 297 cm³/mol. The second-order valence-electron chi connectivity index (χ2n) is 20.5. The van der Waals surface area contributed by atoms with Gasteiger partial charge in [-0.3, -0.25) is 9.59 Å². The molecule has 17 nitrogen and oxygen atoms in total. The molecular formula is C59H65F2N5O12S2. The fraction of sp³-hybridized carbons (Fsp3) is 0.424. The van der Waals surface area contributed by atoms with Crippen LogP contribution in [0.4, 0.5) is 19.0 Å². The van der Waals surface area contributed by atoms with Crippen LogP contribution < -0.4 is 34.9 Å². The molecule has 0 spiro atoms. The maximum absolute atomic E-state index is 14.7. The quantitative estimate of drug-likeness (QED) is 0.0685. The maximum Gasteiger partial charge on any atom is 0.340 e. The summed E-state index contributed by atoms with van der Waals surface area (Å²) in [5, 5.41) is 14.0. The van der Waals surface area contributed by atoms with Gasteiger partial charge in [0.2, 0.25) is 11.8 Å². The first-order chi connectivity index (χ1) is 38.7. The predicted octanol–water partition coefficient (Wildman–Crippen LogP) is 11.6. The van der Waals surface area contributed by atoms with Crippen LogP contribution in [0.3, 0.4) is 0 Å². The Kier molecular flexibility index (Phi) is 19.1. The normalized spacial score (nSPS) is 20.3. The first-order valence-electron chi connectivity index (χ1n) is 26.8. The summed E-state index contributed by atoms with van der Waals surface area (Å²) in [5.74, 6) is -1.10. The van der Waals surface area contributed by atoms with Crippen molar-refractivity contribution in [2.75, 3.05) is 57.8 Å². The number of methoxy groups -OCH3 is 2. The molecule has 3 N–H and O–H groups in total. The third-order valence-corrected chi connectivity index (χ3v) is 16.0. The lowest BCUT2D eigenvalue weighted by molar-refractivity contribution is -0.118. The lowest BCUT2D eigenvalue weighted by atomic mass is 9.69. The van der Waals surface area contributed by atoms with Gasteiger partial charge in [-0.1, -0.05) is 6.92 Å². The van der Waals surface area contributed by atoms with Gasteiger partial charge in [-0.15, -0.1) is 22.7 Å². The standard InChI is InChI=1S/C30H33FN2O6S.C29H32FN3O6S/c1-30(17-27(34)33-29-32-11-13-40-29)10-5-6-19-14-25(38-18-21-7-3-4-12-37-21)26(16-23(19)30)39-20-8-9-22(24(31)15-20)28(35)36-2;1-29(16-26(34)33-28-31-10-12-40-28)22-15-25(39-19-6-7-21(23(30)14-19)27(35)36-2)24(13-18(22)8-9-32-29)38-17-20-5-3-4-11-37-20/h8-9,11,13-16,21H,3-7,10,12,17-18H2,1-2H3,(H,32,33,34);6-7,10,12-15,20,32H,3-5,8-9,11,16-17H2,1-2H3,(H,31,33,34)/t21?,30-;20?,29-/m11/s1. The zero-order valence-electron chi connectivity index (χ0n) is 45.1. The Bertz CT molecular complexity index is 2930. The molecule has 2 unspecified atom stereocenters. The molecule has 0 saturated carbocycles. The minimum absolute atomic E-state index is 0.00533. The highest BCUT2D eigenvalue weighted by Gasteiger charge is 2.38. The van der Waals surface area contributed by atoms with Crippen LogP contribution in [-0.2, 0) is 52.3 Å². The number of carbonyl (C=O) groups excluding carboxylic acids is 4. The van der Waals surface area contributed by atoms with Crippen LogP contribution in [0.5, 0.6) is 34.5 Å². The van der Waals surface area contributed by atoms with E-state index in [-0.39, 0.29) is 59.5 Å². The maximum atomic E-state index is 14.7. The minimum atomic E-state index is -0.771. The topological polar surface area (TPSA) is 204 Å². The summed E-state index contributed by atoms with van der Waals surface area (Å²) in [6.07, 6.45) is 13.1. The van der Waals surface area contributed by atoms with Crippen LogP contribution in [0.25, 0.3) is 0 Å². The van der Waals surface area contributed by atoms with Gasteiger partial charge in [0.1, 0.15) is 36.3 Å². The summed E-state index contributed by atoms with van der Waals surface area (Å²) >= 11 is 2.73. The van der Waals surface area contributed by atoms with Crippen molar-refractivity contribution in [3.63, 3.8) is 0 Å². The van der Waals surface area contributed by atoms with Crippen LogP contribution in [0, 0.1) is 11.6 Å². The number of halogens is 2. The van der Waals surface area contributed by atoms with Crippen molar-refractivity contribution in [3.05, 3.63) is 129 Å². The molecule has 4 aromatic carbocycles. The molecule has 21 heteroatoms. The van der Waals surface area contributed by atoms with E-state index in [0.717, 1.165) is 105 Å². The third-order valence-electron chi connectivity index (χ3n) is 14.6. The van der Waals surface area contributed by atoms with Crippen molar-refractivity contribution in [1.29, 1.82) is 0 Å². The number of nitrogens with one attached hydrogen (secondary N) is 3. The second kappa shape index (κ2) is 26.5. The third kappa shape index (κ3) is 14.5. The largest absolute Gasteiger partial charge is 0.487 e. The van der Waals surface area contributed by atoms with Crippen molar-refractivity contribution in [2.24, 2.45) is 0 Å². The number of aromatic nitrogens is 2. The summed E-state index contributed by atoms with van der Waals surface area (Å²) in [6.45, 7) is 6.89. The highest BCUT2D eigenvalue weighted by atomic mass is 32.1. The Labute approximate surface area is 471 Å². The van der Waals surface area contributed by atoms with E-state index in [1.165, 1.54) is 61.2 Å². The van der Waals surface area contributed by atoms with E-state index in [1.54, 1.807) is 17.8 Å². The summed E-state index contributed by atoms with van der Waals surface area (Å²) in [6, 6.07) is 15.6. The van der Waals surface area contributed by atoms with Crippen LogP contribution in [-0.4, -0.2) is 93.1 Å². The molecule has 2 aromatic heterocycles. The summed E-state index contributed by atoms with van der Waals surface area (Å²) in [7, 11) is 2.40. The minimum Gasteiger partial charge on any atom is -0.487 e. The highest BCUT2D eigenvalue weighted by Crippen LogP contribution is 2.47. The van der Waals surface area contributed by atoms with Gasteiger partial charge in [0, 0.05) is 78.8 Å². The molecule has 80 heavy (non-hydrogen) atoms. The number of anilines is 2. The molecule has 4 atom stereocenters. The summed E-state index contributed by atoms with van der Waals surface area (Å²) in [5.41, 5.74) is 2.50. The molecule has 2 amide bonds. The number of aryl methyl sites for hydroxylation is 1. The first kappa shape index (κ1) is 57.6. The van der Waals surface area contributed by atoms with E-state index in [1.807, 2.05) is 36.6 Å². The number of benzene rings is 4. The number of amides is 2. The number of ether oxygens (including phenoxy) is 8. The molecular weight excluding hydrogens is 1070 g/mol. The number of rotatable bonds is 18. The number of thiazole rings is 2. The van der Waals surface area contributed by atoms with Crippen molar-refractivity contribution in [3.8, 4) is 34.5 Å². The van der Waals surface area contributed by atoms with Gasteiger partial charge >= 0.3 is 11.9 Å². The highest BCUT2D eigenvalue weighted by molar-refractivity contribution is 7.14. The Balaban J connectivity index is 0.000000194. The molecule has 2 saturated heterocycles. The number of esters is 2. The van der Waals surface area contributed by atoms with Crippen LogP contribution >= 0.6 is 22.7 Å². The van der Waals surface area contributed by atoms with Gasteiger partial charge in [0.15, 0.2) is 33.3 Å². The molecule has 6 aromatic rings. The van der Waals surface area contributed by atoms with Crippen molar-refractivity contribution < 1.29 is 65.9 Å². The van der Waals surface area contributed by atoms with Gasteiger partial charge in [0.05, 0.1) is 37.6 Å². The fourth-order valence-electron chi connectivity index (χ4n) is 10.5. The molecule has 0 radical (unpaired) electrons. The lowest BCUT2D eigenvalue weighted by Gasteiger charge is -2.37. The van der Waals surface area contributed by atoms with Gasteiger partial charge in [-0.25, -0.2) is 28.3 Å². The van der Waals surface area contributed by atoms with E-state index < -0.39 is 34.5 Å². The van der Waals surface area contributed by atoms with Gasteiger partial charge in [0.25, 0.3) is 0 Å². The molecule has 2 fully saturated rings. The smallest absolute Gasteiger partial charge is 0.340 e. The average molecular weight is 1140 g/mol. The van der Waals surface area contributed by atoms with Gasteiger partial charge in [-0.05, 0) is 142 Å². The monoisotopic (exact) mass is 1140 g/mol. The SMILES string of the molecule is COC(=O)c1ccc(Oc2cc3c(cc2OCC2CCCCO2)CCC[C@]3(C)CC(=O)Nc2nccs2)cc1F.COC(=O)c1ccc(Oc2cc3c(cc2OCC2CCCCO2)CCN[C@]3(C)CC(=O)Nc2nccs2)cc1F. The number of hydrogen-bond donors (Lipinski definition) is 3. The average Bonchev–Trinajstić information content (AvgIpc) is 4.20. The number of hydrogen-bond acceptors (Lipinski definition) is 17. The Morgan fingerprint density at radius 1 is 0.650 bits per heavy atom. The van der Waals surface area contributed by atoms with Gasteiger partial charge in [-0.2, -0.15) is 0 Å². The molecule has 5 heterocycles. The summed E-state index contributed by atoms with van der Waals surface area (Å²) < 4.78 is 75.1. The molecule has 0 bridgehead atoms. The number of fused-ring (bicyclic) bond motifs is 2. The molecule has 10 rings (SSSR count). The lowest BCUT2D eigenvalue weighted by Crippen LogP contribution is -2.47. The zero-order chi connectivity index (χ0) is 56.2. The second-order valence-corrected chi connectivity index (χ2v) is 22.3. The van der Waals surface area contributed by atoms with E-state index >= 15 is 0 Å². The van der Waals surface area contributed by atoms with Crippen LogP contribution in [0.2, 0.25) is 0 Å². The molecule has 4 aliphatic rings. The van der Waals surface area contributed by atoms with Crippen LogP contribution in [0.15, 0.2) is 83.8 Å². The van der Waals surface area contributed by atoms with Crippen molar-refractivity contribution >= 4 is 56.7 Å². The Morgan fingerprint density at radius 3 is 1.64 bits per heavy atom. The molecule has 3 aliphatic heterocycles. The molecule has 424 valence electrons. The molecule has 1 aliphatic carbocycles. The Morgan fingerprint density at radius 2 is 1.16 bits per heavy atom. The van der Waals surface area contributed by atoms with Crippen LogP contribution in [0.1, 0.15) is 121 Å². The first-order valence-corrected chi connectivity index (χ1v) is 28.5. The Hall–Kier alpha value is -7.04. The van der Waals surface area contributed by atoms with Crippen molar-refractivity contribution in [2.45, 2.75) is 114 Å². The van der Waals surface area contributed by atoms with E-state index in [4.69, 9.17) is 28.4 Å². The fourth-order valence-corrected chi connectivity index (χ4v) is 11.6. The van der Waals surface area contributed by atoms with Gasteiger partial charge < -0.3 is 53.8 Å². The van der Waals surface area contributed by atoms with E-state index in [9.17, 15) is 28.0 Å². The van der Waals surface area contributed by atoms with E-state index in [0.29, 0.717) is 59.6 Å². The number of nitrogens with zero attached hydrogens (tertiary/aromatic N) is 2. The number of carbonyl (C=O) groups is 4. The zero-order valence-corrected chi connectivity index (χ0v) is 46.8.